The third-order valence-corrected chi connectivity index (χ3v) is 3.37. The summed E-state index contributed by atoms with van der Waals surface area (Å²) in [5.74, 6) is 1.49. The summed E-state index contributed by atoms with van der Waals surface area (Å²) in [6.45, 7) is 4.78. The summed E-state index contributed by atoms with van der Waals surface area (Å²) in [7, 11) is 1.62. The van der Waals surface area contributed by atoms with E-state index in [2.05, 4.69) is 17.3 Å². The van der Waals surface area contributed by atoms with Crippen LogP contribution in [0, 0.1) is 6.92 Å². The summed E-state index contributed by atoms with van der Waals surface area (Å²) in [6.07, 6.45) is 0.973. The number of ether oxygens (including phenoxy) is 1. The Morgan fingerprint density at radius 2 is 2.20 bits per heavy atom. The normalized spacial score (nSPS) is 10.6. The Balaban J connectivity index is 2.38. The minimum Gasteiger partial charge on any atom is -0.497 e. The molecule has 0 radical (unpaired) electrons. The van der Waals surface area contributed by atoms with E-state index in [1.807, 2.05) is 23.7 Å². The SMILES string of the molecule is CCCn1nc(C)c(N)c1Nc1cc(OC)ccc1Cl. The van der Waals surface area contributed by atoms with Gasteiger partial charge < -0.3 is 15.8 Å². The van der Waals surface area contributed by atoms with Gasteiger partial charge in [-0.3, -0.25) is 0 Å². The van der Waals surface area contributed by atoms with Crippen LogP contribution in [0.2, 0.25) is 5.02 Å². The Morgan fingerprint density at radius 1 is 1.45 bits per heavy atom. The number of methoxy groups -OCH3 is 1. The van der Waals surface area contributed by atoms with Gasteiger partial charge in [0.2, 0.25) is 0 Å². The van der Waals surface area contributed by atoms with E-state index < -0.39 is 0 Å². The lowest BCUT2D eigenvalue weighted by Gasteiger charge is -2.12. The monoisotopic (exact) mass is 294 g/mol. The van der Waals surface area contributed by atoms with Gasteiger partial charge in [0, 0.05) is 12.6 Å². The van der Waals surface area contributed by atoms with Crippen molar-refractivity contribution in [1.82, 2.24) is 9.78 Å². The molecule has 0 bridgehead atoms. The Morgan fingerprint density at radius 3 is 2.85 bits per heavy atom. The number of benzene rings is 1. The van der Waals surface area contributed by atoms with E-state index in [4.69, 9.17) is 22.1 Å². The van der Waals surface area contributed by atoms with Gasteiger partial charge in [-0.2, -0.15) is 5.10 Å². The second-order valence-electron chi connectivity index (χ2n) is 4.54. The van der Waals surface area contributed by atoms with E-state index in [-0.39, 0.29) is 0 Å². The molecular weight excluding hydrogens is 276 g/mol. The molecule has 0 saturated heterocycles. The molecule has 1 aromatic carbocycles. The number of halogens is 1. The summed E-state index contributed by atoms with van der Waals surface area (Å²) in [5.41, 5.74) is 8.27. The van der Waals surface area contributed by atoms with Crippen LogP contribution in [0.4, 0.5) is 17.2 Å². The predicted octanol–water partition coefficient (Wildman–Crippen LogP) is 3.59. The van der Waals surface area contributed by atoms with Crippen molar-refractivity contribution in [3.05, 3.63) is 28.9 Å². The van der Waals surface area contributed by atoms with Crippen LogP contribution in [-0.2, 0) is 6.54 Å². The highest BCUT2D eigenvalue weighted by Crippen LogP contribution is 2.32. The van der Waals surface area contributed by atoms with Gasteiger partial charge in [-0.1, -0.05) is 18.5 Å². The van der Waals surface area contributed by atoms with E-state index in [9.17, 15) is 0 Å². The molecule has 0 aliphatic heterocycles. The topological polar surface area (TPSA) is 65.1 Å². The molecule has 0 aliphatic carbocycles. The quantitative estimate of drug-likeness (QED) is 0.884. The molecule has 2 aromatic rings. The van der Waals surface area contributed by atoms with Crippen molar-refractivity contribution in [1.29, 1.82) is 0 Å². The first-order chi connectivity index (χ1) is 9.56. The smallest absolute Gasteiger partial charge is 0.152 e. The fraction of sp³-hybridized carbons (Fsp3) is 0.357. The van der Waals surface area contributed by atoms with Gasteiger partial charge in [0.25, 0.3) is 0 Å². The Labute approximate surface area is 123 Å². The van der Waals surface area contributed by atoms with Crippen LogP contribution in [0.5, 0.6) is 5.75 Å². The summed E-state index contributed by atoms with van der Waals surface area (Å²) in [6, 6.07) is 5.43. The average molecular weight is 295 g/mol. The van der Waals surface area contributed by atoms with Crippen molar-refractivity contribution in [2.75, 3.05) is 18.2 Å². The number of nitrogens with two attached hydrogens (primary N) is 1. The predicted molar refractivity (Wildman–Crippen MR) is 83.0 cm³/mol. The standard InChI is InChI=1S/C14H19ClN4O/c1-4-7-19-14(13(16)9(2)18-19)17-12-8-10(20-3)5-6-11(12)15/h5-6,8,17H,4,7,16H2,1-3H3. The fourth-order valence-corrected chi connectivity index (χ4v) is 2.12. The maximum Gasteiger partial charge on any atom is 0.152 e. The van der Waals surface area contributed by atoms with E-state index in [0.29, 0.717) is 10.7 Å². The molecule has 0 spiro atoms. The molecule has 0 unspecified atom stereocenters. The van der Waals surface area contributed by atoms with Crippen LogP contribution in [0.1, 0.15) is 19.0 Å². The highest BCUT2D eigenvalue weighted by atomic mass is 35.5. The zero-order chi connectivity index (χ0) is 14.7. The number of rotatable bonds is 5. The lowest BCUT2D eigenvalue weighted by Crippen LogP contribution is -2.06. The minimum absolute atomic E-state index is 0.604. The maximum atomic E-state index is 6.20. The third-order valence-electron chi connectivity index (χ3n) is 3.04. The number of anilines is 3. The summed E-state index contributed by atoms with van der Waals surface area (Å²) < 4.78 is 7.07. The summed E-state index contributed by atoms with van der Waals surface area (Å²) in [5, 5.41) is 8.28. The summed E-state index contributed by atoms with van der Waals surface area (Å²) in [4.78, 5) is 0. The van der Waals surface area contributed by atoms with Crippen LogP contribution in [0.15, 0.2) is 18.2 Å². The zero-order valence-electron chi connectivity index (χ0n) is 11.9. The number of hydrogen-bond acceptors (Lipinski definition) is 4. The first-order valence-corrected chi connectivity index (χ1v) is 6.88. The highest BCUT2D eigenvalue weighted by molar-refractivity contribution is 6.33. The molecule has 1 heterocycles. The molecule has 2 rings (SSSR count). The molecule has 0 saturated carbocycles. The van der Waals surface area contributed by atoms with Crippen molar-refractivity contribution in [2.45, 2.75) is 26.8 Å². The molecule has 3 N–H and O–H groups in total. The van der Waals surface area contributed by atoms with Gasteiger partial charge in [-0.15, -0.1) is 0 Å². The lowest BCUT2D eigenvalue weighted by atomic mass is 10.3. The number of hydrogen-bond donors (Lipinski definition) is 2. The van der Waals surface area contributed by atoms with E-state index in [0.717, 1.165) is 35.9 Å². The van der Waals surface area contributed by atoms with Gasteiger partial charge in [0.1, 0.15) is 5.75 Å². The molecule has 6 heteroatoms. The molecule has 0 aliphatic rings. The van der Waals surface area contributed by atoms with E-state index >= 15 is 0 Å². The molecule has 5 nitrogen and oxygen atoms in total. The van der Waals surface area contributed by atoms with Crippen molar-refractivity contribution in [3.8, 4) is 5.75 Å². The van der Waals surface area contributed by atoms with Crippen molar-refractivity contribution in [2.24, 2.45) is 0 Å². The molecule has 0 fully saturated rings. The maximum absolute atomic E-state index is 6.20. The van der Waals surface area contributed by atoms with Crippen LogP contribution in [-0.4, -0.2) is 16.9 Å². The average Bonchev–Trinajstić information content (AvgIpc) is 2.69. The highest BCUT2D eigenvalue weighted by Gasteiger charge is 2.13. The molecule has 0 amide bonds. The van der Waals surface area contributed by atoms with Gasteiger partial charge in [-0.05, 0) is 25.5 Å². The van der Waals surface area contributed by atoms with Gasteiger partial charge >= 0.3 is 0 Å². The molecular formula is C14H19ClN4O. The third kappa shape index (κ3) is 2.82. The molecule has 20 heavy (non-hydrogen) atoms. The van der Waals surface area contributed by atoms with Crippen LogP contribution >= 0.6 is 11.6 Å². The number of nitrogens with one attached hydrogen (secondary N) is 1. The van der Waals surface area contributed by atoms with Crippen LogP contribution in [0.3, 0.4) is 0 Å². The first kappa shape index (κ1) is 14.5. The second kappa shape index (κ2) is 6.05. The van der Waals surface area contributed by atoms with Gasteiger partial charge in [0.05, 0.1) is 29.2 Å². The number of nitrogens with zero attached hydrogens (tertiary/aromatic N) is 2. The van der Waals surface area contributed by atoms with Crippen molar-refractivity contribution < 1.29 is 4.74 Å². The van der Waals surface area contributed by atoms with Gasteiger partial charge in [0.15, 0.2) is 5.82 Å². The zero-order valence-corrected chi connectivity index (χ0v) is 12.7. The Bertz CT molecular complexity index is 609. The number of nitrogen functional groups attached to an aromatic ring is 1. The largest absolute Gasteiger partial charge is 0.497 e. The van der Waals surface area contributed by atoms with Crippen LogP contribution < -0.4 is 15.8 Å². The fourth-order valence-electron chi connectivity index (χ4n) is 1.96. The Kier molecular flexibility index (Phi) is 4.39. The number of aromatic nitrogens is 2. The molecule has 108 valence electrons. The Hall–Kier alpha value is -1.88. The minimum atomic E-state index is 0.604. The summed E-state index contributed by atoms with van der Waals surface area (Å²) >= 11 is 6.20. The number of aryl methyl sites for hydroxylation is 2. The second-order valence-corrected chi connectivity index (χ2v) is 4.95. The molecule has 1 aromatic heterocycles. The molecule has 0 atom stereocenters. The van der Waals surface area contributed by atoms with Crippen molar-refractivity contribution in [3.63, 3.8) is 0 Å². The van der Waals surface area contributed by atoms with Crippen LogP contribution in [0.25, 0.3) is 0 Å². The lowest BCUT2D eigenvalue weighted by molar-refractivity contribution is 0.415. The van der Waals surface area contributed by atoms with Gasteiger partial charge in [-0.25, -0.2) is 4.68 Å². The first-order valence-electron chi connectivity index (χ1n) is 6.50. The van der Waals surface area contributed by atoms with Crippen molar-refractivity contribution >= 4 is 28.8 Å². The van der Waals surface area contributed by atoms with E-state index in [1.54, 1.807) is 13.2 Å². The van der Waals surface area contributed by atoms with E-state index in [1.165, 1.54) is 0 Å².